The number of pyridine rings is 1. The van der Waals surface area contributed by atoms with Crippen LogP contribution in [0.2, 0.25) is 0 Å². The van der Waals surface area contributed by atoms with Crippen LogP contribution in [0.1, 0.15) is 27.3 Å². The number of nitrogen functional groups attached to an aromatic ring is 1. The van der Waals surface area contributed by atoms with E-state index in [9.17, 15) is 14.4 Å². The summed E-state index contributed by atoms with van der Waals surface area (Å²) in [7, 11) is 0. The van der Waals surface area contributed by atoms with Crippen LogP contribution in [0.3, 0.4) is 0 Å². The van der Waals surface area contributed by atoms with Crippen LogP contribution in [-0.4, -0.2) is 71.6 Å². The van der Waals surface area contributed by atoms with Crippen LogP contribution in [0, 0.1) is 5.41 Å². The number of amidine groups is 1. The first-order chi connectivity index (χ1) is 18.8. The summed E-state index contributed by atoms with van der Waals surface area (Å²) in [5.41, 5.74) is 8.14. The summed E-state index contributed by atoms with van der Waals surface area (Å²) >= 11 is 1.38. The highest BCUT2D eigenvalue weighted by atomic mass is 32.1. The van der Waals surface area contributed by atoms with Gasteiger partial charge in [0.15, 0.2) is 5.79 Å². The molecule has 11 nitrogen and oxygen atoms in total. The lowest BCUT2D eigenvalue weighted by Crippen LogP contribution is -2.49. The molecule has 2 aliphatic rings. The van der Waals surface area contributed by atoms with Crippen LogP contribution in [0.25, 0.3) is 11.1 Å². The van der Waals surface area contributed by atoms with Gasteiger partial charge in [0, 0.05) is 34.0 Å². The summed E-state index contributed by atoms with van der Waals surface area (Å²) < 4.78 is 11.5. The third-order valence-corrected chi connectivity index (χ3v) is 7.57. The SMILES string of the molecule is N=C(N)c1csc(CNC(=O)C2CC3(CN2C(=O)CNC(=O)c2ccc(-c4ccccc4)cn2)OCCO3)c1. The molecule has 0 radical (unpaired) electrons. The second kappa shape index (κ2) is 11.3. The van der Waals surface area contributed by atoms with Crippen molar-refractivity contribution >= 4 is 34.9 Å². The minimum Gasteiger partial charge on any atom is -0.384 e. The molecule has 2 aromatic heterocycles. The van der Waals surface area contributed by atoms with E-state index in [1.54, 1.807) is 29.8 Å². The van der Waals surface area contributed by atoms with Crippen molar-refractivity contribution in [2.45, 2.75) is 24.8 Å². The molecule has 2 aliphatic heterocycles. The first kappa shape index (κ1) is 26.5. The standard InChI is InChI=1S/C27H28N6O5S/c28-24(29)19-10-20(39-15-19)13-31-26(36)22-11-27(37-8-9-38-27)16-33(22)23(34)14-32-25(35)21-7-6-18(12-30-21)17-4-2-1-3-5-17/h1-7,10,12,15,22H,8-9,11,13-14,16H2,(H3,28,29)(H,31,36)(H,32,35). The summed E-state index contributed by atoms with van der Waals surface area (Å²) in [4.78, 5) is 45.5. The number of rotatable bonds is 8. The van der Waals surface area contributed by atoms with E-state index in [1.807, 2.05) is 30.3 Å². The van der Waals surface area contributed by atoms with Gasteiger partial charge in [-0.1, -0.05) is 36.4 Å². The molecule has 5 N–H and O–H groups in total. The van der Waals surface area contributed by atoms with E-state index in [4.69, 9.17) is 20.6 Å². The van der Waals surface area contributed by atoms with E-state index in [2.05, 4.69) is 15.6 Å². The maximum absolute atomic E-state index is 13.2. The molecule has 12 heteroatoms. The normalized spacial score (nSPS) is 17.7. The maximum atomic E-state index is 13.2. The molecule has 39 heavy (non-hydrogen) atoms. The molecule has 4 heterocycles. The topological polar surface area (TPSA) is 160 Å². The molecule has 1 aromatic carbocycles. The Morgan fingerprint density at radius 2 is 1.87 bits per heavy atom. The van der Waals surface area contributed by atoms with Gasteiger partial charge in [0.1, 0.15) is 17.6 Å². The first-order valence-corrected chi connectivity index (χ1v) is 13.3. The molecule has 5 rings (SSSR count). The zero-order valence-electron chi connectivity index (χ0n) is 21.0. The van der Waals surface area contributed by atoms with Crippen molar-refractivity contribution < 1.29 is 23.9 Å². The molecule has 1 atom stereocenters. The third kappa shape index (κ3) is 5.98. The molecule has 1 spiro atoms. The van der Waals surface area contributed by atoms with Crippen molar-refractivity contribution in [3.8, 4) is 11.1 Å². The average molecular weight is 549 g/mol. The molecule has 0 bridgehead atoms. The minimum atomic E-state index is -1.04. The number of nitrogens with two attached hydrogens (primary N) is 1. The number of carbonyl (C=O) groups is 3. The van der Waals surface area contributed by atoms with Gasteiger partial charge in [-0.3, -0.25) is 24.8 Å². The van der Waals surface area contributed by atoms with E-state index >= 15 is 0 Å². The number of amides is 3. The molecule has 2 fully saturated rings. The maximum Gasteiger partial charge on any atom is 0.270 e. The second-order valence-corrected chi connectivity index (χ2v) is 10.3. The van der Waals surface area contributed by atoms with Gasteiger partial charge in [0.05, 0.1) is 32.8 Å². The predicted molar refractivity (Wildman–Crippen MR) is 144 cm³/mol. The first-order valence-electron chi connectivity index (χ1n) is 12.4. The summed E-state index contributed by atoms with van der Waals surface area (Å²) in [5.74, 6) is -2.37. The molecule has 202 valence electrons. The number of benzene rings is 1. The quantitative estimate of drug-likeness (QED) is 0.245. The number of thiophene rings is 1. The van der Waals surface area contributed by atoms with Gasteiger partial charge >= 0.3 is 0 Å². The number of carbonyl (C=O) groups excluding carboxylic acids is 3. The minimum absolute atomic E-state index is 0.0433. The van der Waals surface area contributed by atoms with Crippen molar-refractivity contribution in [2.24, 2.45) is 5.73 Å². The fourth-order valence-electron chi connectivity index (χ4n) is 4.63. The van der Waals surface area contributed by atoms with Crippen LogP contribution in [0.15, 0.2) is 60.1 Å². The smallest absolute Gasteiger partial charge is 0.270 e. The van der Waals surface area contributed by atoms with E-state index in [0.29, 0.717) is 18.8 Å². The van der Waals surface area contributed by atoms with Crippen molar-refractivity contribution in [3.05, 3.63) is 76.2 Å². The number of aromatic nitrogens is 1. The Morgan fingerprint density at radius 3 is 2.54 bits per heavy atom. The van der Waals surface area contributed by atoms with Gasteiger partial charge in [0.25, 0.3) is 5.91 Å². The molecule has 3 aromatic rings. The molecular weight excluding hydrogens is 520 g/mol. The fourth-order valence-corrected chi connectivity index (χ4v) is 5.45. The molecular formula is C27H28N6O5S. The molecule has 0 aliphatic carbocycles. The van der Waals surface area contributed by atoms with Gasteiger partial charge in [-0.2, -0.15) is 0 Å². The molecule has 3 amide bonds. The Bertz CT molecular complexity index is 1370. The van der Waals surface area contributed by atoms with E-state index in [1.165, 1.54) is 16.2 Å². The molecule has 2 saturated heterocycles. The monoisotopic (exact) mass is 548 g/mol. The van der Waals surface area contributed by atoms with Crippen LogP contribution < -0.4 is 16.4 Å². The van der Waals surface area contributed by atoms with Crippen LogP contribution >= 0.6 is 11.3 Å². The summed E-state index contributed by atoms with van der Waals surface area (Å²) in [6.07, 6.45) is 1.79. The number of ether oxygens (including phenoxy) is 2. The van der Waals surface area contributed by atoms with Crippen LogP contribution in [0.4, 0.5) is 0 Å². The molecule has 1 unspecified atom stereocenters. The van der Waals surface area contributed by atoms with E-state index in [0.717, 1.165) is 16.0 Å². The zero-order valence-corrected chi connectivity index (χ0v) is 21.8. The van der Waals surface area contributed by atoms with Gasteiger partial charge in [0.2, 0.25) is 11.8 Å². The lowest BCUT2D eigenvalue weighted by molar-refractivity contribution is -0.152. The molecule has 0 saturated carbocycles. The summed E-state index contributed by atoms with van der Waals surface area (Å²) in [6, 6.07) is 14.0. The number of nitrogens with one attached hydrogen (secondary N) is 3. The number of nitrogens with zero attached hydrogens (tertiary/aromatic N) is 2. The van der Waals surface area contributed by atoms with Crippen LogP contribution in [-0.2, 0) is 25.6 Å². The Kier molecular flexibility index (Phi) is 7.68. The highest BCUT2D eigenvalue weighted by Gasteiger charge is 2.52. The lowest BCUT2D eigenvalue weighted by Gasteiger charge is -2.24. The van der Waals surface area contributed by atoms with Gasteiger partial charge < -0.3 is 30.7 Å². The van der Waals surface area contributed by atoms with Crippen molar-refractivity contribution in [2.75, 3.05) is 26.3 Å². The summed E-state index contributed by atoms with van der Waals surface area (Å²) in [6.45, 7) is 0.748. The van der Waals surface area contributed by atoms with Crippen molar-refractivity contribution in [1.29, 1.82) is 5.41 Å². The zero-order chi connectivity index (χ0) is 27.4. The summed E-state index contributed by atoms with van der Waals surface area (Å²) in [5, 5.41) is 14.7. The highest BCUT2D eigenvalue weighted by Crippen LogP contribution is 2.35. The predicted octanol–water partition coefficient (Wildman–Crippen LogP) is 1.48. The second-order valence-electron chi connectivity index (χ2n) is 9.26. The number of hydrogen-bond donors (Lipinski definition) is 4. The van der Waals surface area contributed by atoms with E-state index in [-0.39, 0.29) is 43.5 Å². The Balaban J connectivity index is 1.21. The van der Waals surface area contributed by atoms with Gasteiger partial charge in [-0.25, -0.2) is 0 Å². The Morgan fingerprint density at radius 1 is 1.10 bits per heavy atom. The van der Waals surface area contributed by atoms with Crippen LogP contribution in [0.5, 0.6) is 0 Å². The Labute approximate surface area is 228 Å². The average Bonchev–Trinajstić information content (AvgIpc) is 3.71. The van der Waals surface area contributed by atoms with Gasteiger partial charge in [-0.15, -0.1) is 11.3 Å². The Hall–Kier alpha value is -4.13. The van der Waals surface area contributed by atoms with Crippen molar-refractivity contribution in [3.63, 3.8) is 0 Å². The number of likely N-dealkylation sites (tertiary alicyclic amines) is 1. The lowest BCUT2D eigenvalue weighted by atomic mass is 10.1. The van der Waals surface area contributed by atoms with E-state index < -0.39 is 23.6 Å². The third-order valence-electron chi connectivity index (χ3n) is 6.63. The van der Waals surface area contributed by atoms with Crippen molar-refractivity contribution in [1.82, 2.24) is 20.5 Å². The number of hydrogen-bond acceptors (Lipinski definition) is 8. The fraction of sp³-hybridized carbons (Fsp3) is 0.296. The largest absolute Gasteiger partial charge is 0.384 e. The highest BCUT2D eigenvalue weighted by molar-refractivity contribution is 7.10. The van der Waals surface area contributed by atoms with Gasteiger partial charge in [-0.05, 0) is 17.7 Å².